The van der Waals surface area contributed by atoms with Crippen LogP contribution in [0.4, 0.5) is 0 Å². The normalized spacial score (nSPS) is 15.7. The smallest absolute Gasteiger partial charge is 0.323 e. The number of rotatable bonds is 3. The van der Waals surface area contributed by atoms with E-state index in [1.165, 1.54) is 0 Å². The monoisotopic (exact) mass is 303 g/mol. The molecule has 0 bridgehead atoms. The molecule has 2 aromatic heterocycles. The molecule has 0 saturated carbocycles. The Morgan fingerprint density at radius 3 is 2.90 bits per heavy atom. The summed E-state index contributed by atoms with van der Waals surface area (Å²) in [4.78, 5) is 23.5. The van der Waals surface area contributed by atoms with E-state index in [9.17, 15) is 9.90 Å². The summed E-state index contributed by atoms with van der Waals surface area (Å²) < 4.78 is 0. The maximum atomic E-state index is 11.4. The van der Waals surface area contributed by atoms with Gasteiger partial charge in [0.05, 0.1) is 11.4 Å². The number of hydrogen-bond donors (Lipinski definition) is 1. The van der Waals surface area contributed by atoms with Crippen LogP contribution in [0.2, 0.25) is 0 Å². The van der Waals surface area contributed by atoms with E-state index in [1.807, 2.05) is 23.1 Å². The van der Waals surface area contributed by atoms with Crippen molar-refractivity contribution in [1.82, 2.24) is 14.9 Å². The molecule has 3 heterocycles. The Kier molecular flexibility index (Phi) is 3.51. The summed E-state index contributed by atoms with van der Waals surface area (Å²) in [6.07, 6.45) is 2.55. The number of nitrogens with zero attached hydrogens (tertiary/aromatic N) is 3. The molecule has 0 aliphatic carbocycles. The van der Waals surface area contributed by atoms with E-state index in [1.54, 1.807) is 31.4 Å². The third-order valence-electron chi connectivity index (χ3n) is 3.93. The Hall–Kier alpha value is -1.79. The van der Waals surface area contributed by atoms with Crippen LogP contribution in [0.25, 0.3) is 10.7 Å². The van der Waals surface area contributed by atoms with Gasteiger partial charge in [-0.2, -0.15) is 0 Å². The molecule has 1 N–H and O–H groups in total. The number of aliphatic carboxylic acids is 1. The fourth-order valence-corrected chi connectivity index (χ4v) is 3.51. The Labute approximate surface area is 127 Å². The van der Waals surface area contributed by atoms with Crippen LogP contribution >= 0.6 is 11.3 Å². The molecule has 0 spiro atoms. The predicted octanol–water partition coefficient (Wildman–Crippen LogP) is 2.43. The van der Waals surface area contributed by atoms with Crippen molar-refractivity contribution in [3.63, 3.8) is 0 Å². The number of thiazole rings is 1. The van der Waals surface area contributed by atoms with Crippen molar-refractivity contribution in [2.45, 2.75) is 32.4 Å². The lowest BCUT2D eigenvalue weighted by molar-refractivity contribution is -0.150. The zero-order chi connectivity index (χ0) is 15.0. The molecule has 0 aromatic carbocycles. The van der Waals surface area contributed by atoms with E-state index in [2.05, 4.69) is 9.97 Å². The van der Waals surface area contributed by atoms with Crippen molar-refractivity contribution in [2.24, 2.45) is 0 Å². The molecule has 2 aromatic rings. The van der Waals surface area contributed by atoms with Crippen molar-refractivity contribution >= 4 is 17.3 Å². The highest BCUT2D eigenvalue weighted by Crippen LogP contribution is 2.33. The largest absolute Gasteiger partial charge is 0.480 e. The highest BCUT2D eigenvalue weighted by molar-refractivity contribution is 7.15. The summed E-state index contributed by atoms with van der Waals surface area (Å²) in [6.45, 7) is 4.86. The molecule has 0 radical (unpaired) electrons. The summed E-state index contributed by atoms with van der Waals surface area (Å²) >= 11 is 1.61. The lowest BCUT2D eigenvalue weighted by Crippen LogP contribution is -2.51. The van der Waals surface area contributed by atoms with Crippen molar-refractivity contribution in [2.75, 3.05) is 6.54 Å². The van der Waals surface area contributed by atoms with Gasteiger partial charge in [0.2, 0.25) is 0 Å². The Bertz CT molecular complexity index is 667. The first kappa shape index (κ1) is 14.2. The molecule has 0 fully saturated rings. The quantitative estimate of drug-likeness (QED) is 0.943. The molecule has 0 saturated heterocycles. The number of pyridine rings is 1. The number of hydrogen-bond acceptors (Lipinski definition) is 5. The predicted molar refractivity (Wildman–Crippen MR) is 81.2 cm³/mol. The number of aromatic nitrogens is 2. The number of carbonyl (C=O) groups is 1. The highest BCUT2D eigenvalue weighted by Gasteiger charge is 2.37. The van der Waals surface area contributed by atoms with E-state index in [0.717, 1.165) is 34.2 Å². The SMILES string of the molecule is CC(C)(C(=O)O)N1CCc2nc(-c3ccccn3)sc2C1. The third-order valence-corrected chi connectivity index (χ3v) is 5.03. The topological polar surface area (TPSA) is 66.3 Å². The van der Waals surface area contributed by atoms with Crippen molar-refractivity contribution in [3.8, 4) is 10.7 Å². The van der Waals surface area contributed by atoms with E-state index in [-0.39, 0.29) is 0 Å². The van der Waals surface area contributed by atoms with E-state index in [4.69, 9.17) is 0 Å². The summed E-state index contributed by atoms with van der Waals surface area (Å²) in [5, 5.41) is 10.3. The van der Waals surface area contributed by atoms with Crippen LogP contribution in [0, 0.1) is 0 Å². The van der Waals surface area contributed by atoms with E-state index >= 15 is 0 Å². The minimum absolute atomic E-state index is 0.638. The number of carboxylic acid groups (broad SMARTS) is 1. The lowest BCUT2D eigenvalue weighted by atomic mass is 10.00. The van der Waals surface area contributed by atoms with Crippen LogP contribution in [-0.2, 0) is 17.8 Å². The van der Waals surface area contributed by atoms with Gasteiger partial charge in [-0.05, 0) is 26.0 Å². The molecule has 1 aliphatic rings. The Balaban J connectivity index is 1.88. The zero-order valence-corrected chi connectivity index (χ0v) is 12.9. The first-order valence-corrected chi connectivity index (χ1v) is 7.68. The Morgan fingerprint density at radius 2 is 2.24 bits per heavy atom. The fourth-order valence-electron chi connectivity index (χ4n) is 2.41. The second-order valence-corrected chi connectivity index (χ2v) is 6.72. The first-order chi connectivity index (χ1) is 9.98. The maximum absolute atomic E-state index is 11.4. The number of fused-ring (bicyclic) bond motifs is 1. The average molecular weight is 303 g/mol. The van der Waals surface area contributed by atoms with Crippen molar-refractivity contribution < 1.29 is 9.90 Å². The summed E-state index contributed by atoms with van der Waals surface area (Å²) in [6, 6.07) is 5.78. The molecule has 21 heavy (non-hydrogen) atoms. The van der Waals surface area contributed by atoms with Crippen LogP contribution in [0.5, 0.6) is 0 Å². The van der Waals surface area contributed by atoms with Gasteiger partial charge in [0, 0.05) is 30.6 Å². The average Bonchev–Trinajstić information content (AvgIpc) is 2.91. The van der Waals surface area contributed by atoms with Crippen LogP contribution in [0.3, 0.4) is 0 Å². The molecule has 6 heteroatoms. The van der Waals surface area contributed by atoms with Gasteiger partial charge >= 0.3 is 5.97 Å². The van der Waals surface area contributed by atoms with E-state index < -0.39 is 11.5 Å². The second kappa shape index (κ2) is 5.20. The van der Waals surface area contributed by atoms with Gasteiger partial charge in [-0.3, -0.25) is 14.7 Å². The standard InChI is InChI=1S/C15H17N3O2S/c1-15(2,14(19)20)18-8-6-10-12(9-18)21-13(17-10)11-5-3-4-7-16-11/h3-5,7H,6,8-9H2,1-2H3,(H,19,20). The molecule has 0 atom stereocenters. The van der Waals surface area contributed by atoms with Crippen molar-refractivity contribution in [3.05, 3.63) is 35.0 Å². The van der Waals surface area contributed by atoms with Crippen LogP contribution in [0.15, 0.2) is 24.4 Å². The van der Waals surface area contributed by atoms with Gasteiger partial charge in [-0.15, -0.1) is 11.3 Å². The molecule has 1 aliphatic heterocycles. The zero-order valence-electron chi connectivity index (χ0n) is 12.0. The molecule has 3 rings (SSSR count). The van der Waals surface area contributed by atoms with Gasteiger partial charge in [0.1, 0.15) is 10.5 Å². The summed E-state index contributed by atoms with van der Waals surface area (Å²) in [7, 11) is 0. The minimum atomic E-state index is -0.854. The maximum Gasteiger partial charge on any atom is 0.323 e. The van der Waals surface area contributed by atoms with Crippen molar-refractivity contribution in [1.29, 1.82) is 0 Å². The van der Waals surface area contributed by atoms with Gasteiger partial charge in [0.25, 0.3) is 0 Å². The van der Waals surface area contributed by atoms with Crippen LogP contribution < -0.4 is 0 Å². The van der Waals surface area contributed by atoms with E-state index in [0.29, 0.717) is 6.54 Å². The number of carboxylic acids is 1. The van der Waals surface area contributed by atoms with Crippen LogP contribution in [0.1, 0.15) is 24.4 Å². The molecule has 5 nitrogen and oxygen atoms in total. The second-order valence-electron chi connectivity index (χ2n) is 5.64. The summed E-state index contributed by atoms with van der Waals surface area (Å²) in [5.41, 5.74) is 1.10. The minimum Gasteiger partial charge on any atom is -0.480 e. The molecular weight excluding hydrogens is 286 g/mol. The van der Waals surface area contributed by atoms with Crippen LogP contribution in [-0.4, -0.2) is 38.0 Å². The fraction of sp³-hybridized carbons (Fsp3) is 0.400. The molecular formula is C15H17N3O2S. The molecule has 110 valence electrons. The lowest BCUT2D eigenvalue weighted by Gasteiger charge is -2.36. The first-order valence-electron chi connectivity index (χ1n) is 6.87. The Morgan fingerprint density at radius 1 is 1.43 bits per heavy atom. The third kappa shape index (κ3) is 2.56. The van der Waals surface area contributed by atoms with Gasteiger partial charge in [-0.1, -0.05) is 6.07 Å². The highest BCUT2D eigenvalue weighted by atomic mass is 32.1. The molecule has 0 amide bonds. The molecule has 0 unspecified atom stereocenters. The van der Waals surface area contributed by atoms with Gasteiger partial charge in [0.15, 0.2) is 0 Å². The van der Waals surface area contributed by atoms with Gasteiger partial charge in [-0.25, -0.2) is 4.98 Å². The summed E-state index contributed by atoms with van der Waals surface area (Å²) in [5.74, 6) is -0.791. The van der Waals surface area contributed by atoms with Gasteiger partial charge < -0.3 is 5.11 Å².